The van der Waals surface area contributed by atoms with Gasteiger partial charge in [-0.25, -0.2) is 8.42 Å². The van der Waals surface area contributed by atoms with E-state index in [1.54, 1.807) is 4.90 Å². The quantitative estimate of drug-likeness (QED) is 0.817. The van der Waals surface area contributed by atoms with Gasteiger partial charge < -0.3 is 10.6 Å². The van der Waals surface area contributed by atoms with E-state index >= 15 is 0 Å². The van der Waals surface area contributed by atoms with E-state index in [1.165, 1.54) is 29.4 Å². The van der Waals surface area contributed by atoms with Crippen LogP contribution in [0, 0.1) is 0 Å². The van der Waals surface area contributed by atoms with Crippen molar-refractivity contribution in [2.45, 2.75) is 11.8 Å². The standard InChI is InChI=1S/C12H16ClN3O3S/c1-9(17)15-4-6-16(7-5-15)20(18,19)12-3-2-10(13)8-11(12)14/h2-3,8H,4-7,14H2,1H3. The lowest BCUT2D eigenvalue weighted by Crippen LogP contribution is -2.50. The third kappa shape index (κ3) is 2.89. The van der Waals surface area contributed by atoms with Gasteiger partial charge in [0.15, 0.2) is 0 Å². The Morgan fingerprint density at radius 2 is 1.85 bits per heavy atom. The molecule has 0 aliphatic carbocycles. The summed E-state index contributed by atoms with van der Waals surface area (Å²) in [7, 11) is -3.65. The van der Waals surface area contributed by atoms with Gasteiger partial charge in [-0.1, -0.05) is 11.6 Å². The van der Waals surface area contributed by atoms with Gasteiger partial charge in [0.1, 0.15) is 4.90 Å². The molecular formula is C12H16ClN3O3S. The zero-order valence-corrected chi connectivity index (χ0v) is 12.6. The Balaban J connectivity index is 2.22. The van der Waals surface area contributed by atoms with Crippen molar-refractivity contribution in [1.82, 2.24) is 9.21 Å². The molecule has 1 heterocycles. The van der Waals surface area contributed by atoms with Crippen LogP contribution in [-0.4, -0.2) is 49.7 Å². The van der Waals surface area contributed by atoms with Gasteiger partial charge in [0.25, 0.3) is 0 Å². The number of anilines is 1. The maximum Gasteiger partial charge on any atom is 0.245 e. The molecule has 1 aliphatic rings. The zero-order chi connectivity index (χ0) is 14.9. The summed E-state index contributed by atoms with van der Waals surface area (Å²) in [6.07, 6.45) is 0. The third-order valence-electron chi connectivity index (χ3n) is 3.27. The van der Waals surface area contributed by atoms with Crippen LogP contribution in [0.2, 0.25) is 5.02 Å². The third-order valence-corrected chi connectivity index (χ3v) is 5.48. The number of benzene rings is 1. The normalized spacial score (nSPS) is 17.2. The van der Waals surface area contributed by atoms with Gasteiger partial charge in [-0.2, -0.15) is 4.31 Å². The maximum atomic E-state index is 12.5. The molecule has 2 rings (SSSR count). The number of hydrogen-bond acceptors (Lipinski definition) is 4. The van der Waals surface area contributed by atoms with Crippen LogP contribution in [0.15, 0.2) is 23.1 Å². The predicted octanol–water partition coefficient (Wildman–Crippen LogP) is 0.775. The second-order valence-corrected chi connectivity index (χ2v) is 6.94. The molecule has 0 bridgehead atoms. The van der Waals surface area contributed by atoms with Gasteiger partial charge in [0.2, 0.25) is 15.9 Å². The first-order valence-electron chi connectivity index (χ1n) is 6.13. The van der Waals surface area contributed by atoms with E-state index < -0.39 is 10.0 Å². The number of nitrogens with zero attached hydrogens (tertiary/aromatic N) is 2. The van der Waals surface area contributed by atoms with Crippen LogP contribution in [0.1, 0.15) is 6.92 Å². The van der Waals surface area contributed by atoms with Crippen molar-refractivity contribution in [3.63, 3.8) is 0 Å². The first-order chi connectivity index (χ1) is 9.32. The molecule has 20 heavy (non-hydrogen) atoms. The highest BCUT2D eigenvalue weighted by Crippen LogP contribution is 2.26. The van der Waals surface area contributed by atoms with Crippen LogP contribution >= 0.6 is 11.6 Å². The number of rotatable bonds is 2. The number of amides is 1. The van der Waals surface area contributed by atoms with E-state index in [0.717, 1.165) is 0 Å². The smallest absolute Gasteiger partial charge is 0.245 e. The summed E-state index contributed by atoms with van der Waals surface area (Å²) in [5, 5.41) is 0.392. The number of sulfonamides is 1. The van der Waals surface area contributed by atoms with E-state index in [9.17, 15) is 13.2 Å². The van der Waals surface area contributed by atoms with E-state index in [4.69, 9.17) is 17.3 Å². The molecule has 0 radical (unpaired) electrons. The molecule has 2 N–H and O–H groups in total. The number of halogens is 1. The van der Waals surface area contributed by atoms with Crippen molar-refractivity contribution in [1.29, 1.82) is 0 Å². The maximum absolute atomic E-state index is 12.5. The Hall–Kier alpha value is -1.31. The van der Waals surface area contributed by atoms with Crippen LogP contribution in [-0.2, 0) is 14.8 Å². The molecular weight excluding hydrogens is 302 g/mol. The average Bonchev–Trinajstić information content (AvgIpc) is 2.38. The molecule has 0 saturated carbocycles. The number of hydrogen-bond donors (Lipinski definition) is 1. The van der Waals surface area contributed by atoms with Crippen LogP contribution in [0.5, 0.6) is 0 Å². The molecule has 1 aliphatic heterocycles. The van der Waals surface area contributed by atoms with Crippen LogP contribution < -0.4 is 5.73 Å². The van der Waals surface area contributed by atoms with Crippen molar-refractivity contribution < 1.29 is 13.2 Å². The number of piperazine rings is 1. The molecule has 1 fully saturated rings. The first-order valence-corrected chi connectivity index (χ1v) is 7.95. The molecule has 110 valence electrons. The van der Waals surface area contributed by atoms with Gasteiger partial charge >= 0.3 is 0 Å². The lowest BCUT2D eigenvalue weighted by Gasteiger charge is -2.33. The molecule has 1 aromatic carbocycles. The fourth-order valence-electron chi connectivity index (χ4n) is 2.14. The summed E-state index contributed by atoms with van der Waals surface area (Å²) in [4.78, 5) is 12.9. The van der Waals surface area contributed by atoms with Crippen molar-refractivity contribution in [2.75, 3.05) is 31.9 Å². The van der Waals surface area contributed by atoms with Crippen LogP contribution in [0.4, 0.5) is 5.69 Å². The fourth-order valence-corrected chi connectivity index (χ4v) is 3.84. The molecule has 0 unspecified atom stereocenters. The zero-order valence-electron chi connectivity index (χ0n) is 11.0. The largest absolute Gasteiger partial charge is 0.398 e. The number of nitrogens with two attached hydrogens (primary N) is 1. The van der Waals surface area contributed by atoms with Crippen molar-refractivity contribution in [3.8, 4) is 0 Å². The fraction of sp³-hybridized carbons (Fsp3) is 0.417. The van der Waals surface area contributed by atoms with Crippen molar-refractivity contribution >= 4 is 33.2 Å². The topological polar surface area (TPSA) is 83.7 Å². The molecule has 6 nitrogen and oxygen atoms in total. The van der Waals surface area contributed by atoms with Crippen molar-refractivity contribution in [2.24, 2.45) is 0 Å². The SMILES string of the molecule is CC(=O)N1CCN(S(=O)(=O)c2ccc(Cl)cc2N)CC1. The Labute approximate surface area is 123 Å². The first kappa shape index (κ1) is 15.1. The number of carbonyl (C=O) groups is 1. The highest BCUT2D eigenvalue weighted by Gasteiger charge is 2.30. The molecule has 1 amide bonds. The molecule has 0 aromatic heterocycles. The summed E-state index contributed by atoms with van der Waals surface area (Å²) in [6, 6.07) is 4.32. The highest BCUT2D eigenvalue weighted by atomic mass is 35.5. The number of carbonyl (C=O) groups excluding carboxylic acids is 1. The monoisotopic (exact) mass is 317 g/mol. The Morgan fingerprint density at radius 1 is 1.25 bits per heavy atom. The Kier molecular flexibility index (Phi) is 4.22. The second-order valence-electron chi connectivity index (χ2n) is 4.59. The summed E-state index contributed by atoms with van der Waals surface area (Å²) < 4.78 is 26.3. The lowest BCUT2D eigenvalue weighted by atomic mass is 10.3. The Morgan fingerprint density at radius 3 is 2.35 bits per heavy atom. The van der Waals surface area contributed by atoms with E-state index in [-0.39, 0.29) is 29.6 Å². The Bertz CT molecular complexity index is 625. The molecule has 0 spiro atoms. The van der Waals surface area contributed by atoms with E-state index in [2.05, 4.69) is 0 Å². The average molecular weight is 318 g/mol. The van der Waals surface area contributed by atoms with Gasteiger partial charge in [-0.3, -0.25) is 4.79 Å². The minimum atomic E-state index is -3.65. The lowest BCUT2D eigenvalue weighted by molar-refractivity contribution is -0.129. The minimum Gasteiger partial charge on any atom is -0.398 e. The highest BCUT2D eigenvalue weighted by molar-refractivity contribution is 7.89. The predicted molar refractivity (Wildman–Crippen MR) is 76.9 cm³/mol. The minimum absolute atomic E-state index is 0.0481. The van der Waals surface area contributed by atoms with E-state index in [0.29, 0.717) is 18.1 Å². The van der Waals surface area contributed by atoms with Gasteiger partial charge in [-0.05, 0) is 18.2 Å². The van der Waals surface area contributed by atoms with Gasteiger partial charge in [-0.15, -0.1) is 0 Å². The summed E-state index contributed by atoms with van der Waals surface area (Å²) in [6.45, 7) is 2.79. The molecule has 8 heteroatoms. The van der Waals surface area contributed by atoms with E-state index in [1.807, 2.05) is 0 Å². The molecule has 1 saturated heterocycles. The van der Waals surface area contributed by atoms with Gasteiger partial charge in [0, 0.05) is 38.1 Å². The summed E-state index contributed by atoms with van der Waals surface area (Å²) in [5.41, 5.74) is 5.87. The number of nitrogen functional groups attached to an aromatic ring is 1. The van der Waals surface area contributed by atoms with Crippen LogP contribution in [0.3, 0.4) is 0 Å². The molecule has 0 atom stereocenters. The van der Waals surface area contributed by atoms with Crippen molar-refractivity contribution in [3.05, 3.63) is 23.2 Å². The van der Waals surface area contributed by atoms with Crippen LogP contribution in [0.25, 0.3) is 0 Å². The summed E-state index contributed by atoms with van der Waals surface area (Å²) in [5.74, 6) is -0.0481. The molecule has 1 aromatic rings. The summed E-state index contributed by atoms with van der Waals surface area (Å²) >= 11 is 5.77. The van der Waals surface area contributed by atoms with Gasteiger partial charge in [0.05, 0.1) is 5.69 Å². The second kappa shape index (κ2) is 5.59.